The lowest BCUT2D eigenvalue weighted by molar-refractivity contribution is -0.147. The topological polar surface area (TPSA) is 105 Å². The van der Waals surface area contributed by atoms with Gasteiger partial charge in [-0.2, -0.15) is 0 Å². The van der Waals surface area contributed by atoms with Gasteiger partial charge in [0.1, 0.15) is 0 Å². The van der Waals surface area contributed by atoms with Gasteiger partial charge in [-0.05, 0) is 192 Å². The summed E-state index contributed by atoms with van der Waals surface area (Å²) in [5.74, 6) is 10.7. The van der Waals surface area contributed by atoms with Crippen LogP contribution in [0.15, 0.2) is 24.8 Å². The summed E-state index contributed by atoms with van der Waals surface area (Å²) in [6.45, 7) is 15.9. The Bertz CT molecular complexity index is 1760. The molecule has 8 nitrogen and oxygen atoms in total. The Hall–Kier alpha value is -2.64. The third-order valence-electron chi connectivity index (χ3n) is 21.6. The molecule has 0 amide bonds. The van der Waals surface area contributed by atoms with Crippen LogP contribution in [0, 0.1) is 94.7 Å². The number of hydrogen-bond acceptors (Lipinski definition) is 8. The van der Waals surface area contributed by atoms with Crippen molar-refractivity contribution in [2.75, 3.05) is 26.4 Å². The number of hydrogen-bond donors (Lipinski definition) is 0. The molecule has 0 aromatic carbocycles. The number of esters is 4. The van der Waals surface area contributed by atoms with E-state index < -0.39 is 0 Å². The van der Waals surface area contributed by atoms with Gasteiger partial charge >= 0.3 is 23.9 Å². The lowest BCUT2D eigenvalue weighted by Crippen LogP contribution is -2.35. The van der Waals surface area contributed by atoms with E-state index in [1.54, 1.807) is 6.92 Å². The van der Waals surface area contributed by atoms with Gasteiger partial charge in [-0.25, -0.2) is 9.59 Å². The van der Waals surface area contributed by atoms with Crippen molar-refractivity contribution in [3.05, 3.63) is 24.8 Å². The quantitative estimate of drug-likeness (QED) is 0.0261. The van der Waals surface area contributed by atoms with Gasteiger partial charge in [0, 0.05) is 24.5 Å². The lowest BCUT2D eigenvalue weighted by Gasteiger charge is -2.44. The maximum atomic E-state index is 13.0. The van der Waals surface area contributed by atoms with Crippen molar-refractivity contribution in [3.63, 3.8) is 0 Å². The summed E-state index contributed by atoms with van der Waals surface area (Å²) in [5.41, 5.74) is 0.475. The lowest BCUT2D eigenvalue weighted by atomic mass is 9.61. The van der Waals surface area contributed by atoms with E-state index in [-0.39, 0.29) is 23.9 Å². The zero-order chi connectivity index (χ0) is 52.9. The molecule has 0 heterocycles. The normalized spacial score (nSPS) is 33.1. The van der Waals surface area contributed by atoms with Gasteiger partial charge in [-0.1, -0.05) is 155 Å². The van der Waals surface area contributed by atoms with E-state index in [4.69, 9.17) is 18.9 Å². The highest BCUT2D eigenvalue weighted by Crippen LogP contribution is 2.63. The van der Waals surface area contributed by atoms with E-state index in [0.29, 0.717) is 92.2 Å². The summed E-state index contributed by atoms with van der Waals surface area (Å²) in [6.07, 6.45) is 46.2. The molecule has 0 aliphatic heterocycles. The van der Waals surface area contributed by atoms with E-state index in [9.17, 15) is 19.2 Å². The van der Waals surface area contributed by atoms with Crippen LogP contribution in [0.25, 0.3) is 0 Å². The Morgan fingerprint density at radius 1 is 0.427 bits per heavy atom. The zero-order valence-electron chi connectivity index (χ0n) is 48.3. The Morgan fingerprint density at radius 2 is 0.827 bits per heavy atom. The fraction of sp³-hybridized carbons (Fsp3) is 0.881. The number of fused-ring (bicyclic) bond motifs is 10. The van der Waals surface area contributed by atoms with Gasteiger partial charge in [0.05, 0.1) is 26.4 Å². The van der Waals surface area contributed by atoms with E-state index in [1.807, 2.05) is 0 Å². The molecule has 8 heteroatoms. The number of carbonyl (C=O) groups is 4. The van der Waals surface area contributed by atoms with E-state index >= 15 is 0 Å². The zero-order valence-corrected chi connectivity index (χ0v) is 48.3. The Labute approximate surface area is 458 Å². The van der Waals surface area contributed by atoms with Crippen molar-refractivity contribution in [2.24, 2.45) is 94.7 Å². The number of unbranched alkanes of at least 4 members (excludes halogenated alkanes) is 16. The highest BCUT2D eigenvalue weighted by Gasteiger charge is 2.57. The second-order valence-corrected chi connectivity index (χ2v) is 26.7. The van der Waals surface area contributed by atoms with Crippen LogP contribution in [0.4, 0.5) is 0 Å². The first-order valence-corrected chi connectivity index (χ1v) is 32.5. The maximum absolute atomic E-state index is 13.0. The van der Waals surface area contributed by atoms with E-state index in [1.165, 1.54) is 186 Å². The molecule has 0 aromatic heterocycles. The third-order valence-corrected chi connectivity index (χ3v) is 21.6. The molecule has 7 aliphatic rings. The van der Waals surface area contributed by atoms with Gasteiger partial charge in [-0.3, -0.25) is 9.59 Å². The average Bonchev–Trinajstić information content (AvgIpc) is 4.31. The first-order chi connectivity index (χ1) is 36.6. The molecular weight excluding hydrogens is 933 g/mol. The highest BCUT2D eigenvalue weighted by atomic mass is 16.5. The summed E-state index contributed by atoms with van der Waals surface area (Å²) >= 11 is 0. The molecule has 0 N–H and O–H groups in total. The molecule has 14 unspecified atom stereocenters. The monoisotopic (exact) mass is 1040 g/mol. The minimum absolute atomic E-state index is 0.00444. The molecule has 7 saturated carbocycles. The molecule has 0 spiro atoms. The standard InChI is InChI=1S/C67H110O8/c1-6-9-11-13-16-21-27-50-33-34-51(28-22-17-14-19-25-31-65(69)74-46-55-40-53-42-61(55)63-38-49(36-59(53)63)44-75-67(71)47(4)5)57(56(50)29-23-12-10-7-2)30-24-18-15-20-26-32-66(70)73-45-54-39-52-41-60(54)62-37-48(35-58(52)62)43-72-64(68)8-3/h8,48-63H,3-4,6-7,9-46H2,1-2,5H3/t48?,49?,50?,51?,52?,53?,54?,55?,56?,57?,58?,59-,60?,61?,62?,63-/m1/s1. The maximum Gasteiger partial charge on any atom is 0.333 e. The summed E-state index contributed by atoms with van der Waals surface area (Å²) in [6, 6.07) is 0. The summed E-state index contributed by atoms with van der Waals surface area (Å²) in [5, 5.41) is 0. The molecule has 7 fully saturated rings. The molecule has 0 aromatic rings. The minimum Gasteiger partial charge on any atom is -0.465 e. The minimum atomic E-state index is -0.312. The number of carbonyl (C=O) groups excluding carboxylic acids is 4. The van der Waals surface area contributed by atoms with E-state index in [2.05, 4.69) is 27.0 Å². The Balaban J connectivity index is 0.780. The Kier molecular flexibility index (Phi) is 25.5. The van der Waals surface area contributed by atoms with Gasteiger partial charge < -0.3 is 18.9 Å². The van der Waals surface area contributed by atoms with Crippen LogP contribution < -0.4 is 0 Å². The SMILES string of the molecule is C=CC(=O)OCC1CC2C3CC(COC(=O)CCCCCCCC4C(CCCCCCCC(=O)OCC5CC6CC5[C@@H]5CC(COC(=O)C(=C)C)C[C@H]65)CCC(CCCCCCCC)C4CCCCCC)C(C3)C2C1. The molecule has 7 aliphatic carbocycles. The fourth-order valence-corrected chi connectivity index (χ4v) is 18.0. The van der Waals surface area contributed by atoms with Gasteiger partial charge in [0.25, 0.3) is 0 Å². The van der Waals surface area contributed by atoms with Gasteiger partial charge in [0.15, 0.2) is 0 Å². The largest absolute Gasteiger partial charge is 0.465 e. The van der Waals surface area contributed by atoms with Gasteiger partial charge in [0.2, 0.25) is 0 Å². The van der Waals surface area contributed by atoms with Crippen LogP contribution in [0.2, 0.25) is 0 Å². The van der Waals surface area contributed by atoms with Crippen LogP contribution >= 0.6 is 0 Å². The molecule has 75 heavy (non-hydrogen) atoms. The second-order valence-electron chi connectivity index (χ2n) is 26.7. The van der Waals surface area contributed by atoms with Crippen LogP contribution in [-0.2, 0) is 38.1 Å². The summed E-state index contributed by atoms with van der Waals surface area (Å²) < 4.78 is 22.9. The first kappa shape index (κ1) is 60.0. The van der Waals surface area contributed by atoms with Crippen LogP contribution in [0.1, 0.15) is 252 Å². The van der Waals surface area contributed by atoms with Crippen molar-refractivity contribution >= 4 is 23.9 Å². The van der Waals surface area contributed by atoms with Crippen LogP contribution in [0.3, 0.4) is 0 Å². The van der Waals surface area contributed by atoms with Crippen molar-refractivity contribution in [2.45, 2.75) is 252 Å². The predicted octanol–water partition coefficient (Wildman–Crippen LogP) is 17.0. The third kappa shape index (κ3) is 17.9. The molecular formula is C67H110O8. The molecule has 0 saturated heterocycles. The van der Waals surface area contributed by atoms with Crippen molar-refractivity contribution in [3.8, 4) is 0 Å². The van der Waals surface area contributed by atoms with Crippen LogP contribution in [-0.4, -0.2) is 50.3 Å². The van der Waals surface area contributed by atoms with Crippen molar-refractivity contribution in [1.29, 1.82) is 0 Å². The first-order valence-electron chi connectivity index (χ1n) is 32.5. The van der Waals surface area contributed by atoms with E-state index in [0.717, 1.165) is 85.9 Å². The molecule has 16 atom stereocenters. The summed E-state index contributed by atoms with van der Waals surface area (Å²) in [7, 11) is 0. The number of ether oxygens (including phenoxy) is 4. The molecule has 4 bridgehead atoms. The molecule has 7 rings (SSSR count). The fourth-order valence-electron chi connectivity index (χ4n) is 18.0. The number of rotatable bonds is 38. The second kappa shape index (κ2) is 31.8. The van der Waals surface area contributed by atoms with Crippen molar-refractivity contribution < 1.29 is 38.1 Å². The predicted molar refractivity (Wildman–Crippen MR) is 302 cm³/mol. The average molecular weight is 1040 g/mol. The van der Waals surface area contributed by atoms with Crippen molar-refractivity contribution in [1.82, 2.24) is 0 Å². The van der Waals surface area contributed by atoms with Crippen LogP contribution in [0.5, 0.6) is 0 Å². The molecule has 0 radical (unpaired) electrons. The Morgan fingerprint density at radius 3 is 1.28 bits per heavy atom. The highest BCUT2D eigenvalue weighted by molar-refractivity contribution is 5.86. The molecule has 426 valence electrons. The summed E-state index contributed by atoms with van der Waals surface area (Å²) in [4.78, 5) is 49.5. The van der Waals surface area contributed by atoms with Gasteiger partial charge in [-0.15, -0.1) is 0 Å². The smallest absolute Gasteiger partial charge is 0.333 e.